The van der Waals surface area contributed by atoms with Crippen LogP contribution in [0.3, 0.4) is 0 Å². The van der Waals surface area contributed by atoms with Gasteiger partial charge in [-0.25, -0.2) is 4.39 Å². The molecule has 2 aliphatic rings. The Morgan fingerprint density at radius 2 is 1.69 bits per heavy atom. The second kappa shape index (κ2) is 11.8. The summed E-state index contributed by atoms with van der Waals surface area (Å²) in [6, 6.07) is 6.89. The third-order valence-corrected chi connectivity index (χ3v) is 5.17. The van der Waals surface area contributed by atoms with Crippen LogP contribution in [0.5, 0.6) is 0 Å². The van der Waals surface area contributed by atoms with Crippen molar-refractivity contribution in [1.82, 2.24) is 15.1 Å². The van der Waals surface area contributed by atoms with E-state index in [0.717, 1.165) is 44.6 Å². The van der Waals surface area contributed by atoms with E-state index in [1.165, 1.54) is 31.4 Å². The van der Waals surface area contributed by atoms with Crippen LogP contribution in [0.2, 0.25) is 0 Å². The van der Waals surface area contributed by atoms with Crippen LogP contribution in [-0.2, 0) is 11.3 Å². The molecule has 0 atom stereocenters. The van der Waals surface area contributed by atoms with Gasteiger partial charge in [0.1, 0.15) is 5.82 Å². The van der Waals surface area contributed by atoms with Gasteiger partial charge in [-0.1, -0.05) is 31.4 Å². The first kappa shape index (κ1) is 23.2. The summed E-state index contributed by atoms with van der Waals surface area (Å²) in [4.78, 5) is 17.3. The third-order valence-electron chi connectivity index (χ3n) is 5.17. The van der Waals surface area contributed by atoms with Gasteiger partial charge in [0.05, 0.1) is 6.54 Å². The minimum atomic E-state index is -0.227. The predicted molar refractivity (Wildman–Crippen MR) is 108 cm³/mol. The summed E-state index contributed by atoms with van der Waals surface area (Å²) in [6.07, 6.45) is 5.85. The standard InChI is InChI=1S/C19H28FN3O.2ClH/c20-17-8-6-16(7-9-17)14-23(18-4-2-1-3-5-18)19(24)15-22-12-10-21-11-13-22;;/h6-9,18,21H,1-5,10-15H2;2*1H. The van der Waals surface area contributed by atoms with E-state index in [1.807, 2.05) is 0 Å². The lowest BCUT2D eigenvalue weighted by Crippen LogP contribution is -2.50. The number of hydrogen-bond donors (Lipinski definition) is 1. The smallest absolute Gasteiger partial charge is 0.237 e. The van der Waals surface area contributed by atoms with Crippen molar-refractivity contribution >= 4 is 30.7 Å². The molecule has 1 aromatic rings. The summed E-state index contributed by atoms with van der Waals surface area (Å²) in [5.74, 6) is -0.0109. The molecule has 1 heterocycles. The molecule has 0 spiro atoms. The van der Waals surface area contributed by atoms with Crippen molar-refractivity contribution in [3.63, 3.8) is 0 Å². The molecular formula is C19H30Cl2FN3O. The number of amides is 1. The Balaban J connectivity index is 0.00000169. The Hall–Kier alpha value is -0.880. The van der Waals surface area contributed by atoms with E-state index in [4.69, 9.17) is 0 Å². The van der Waals surface area contributed by atoms with Crippen molar-refractivity contribution in [3.8, 4) is 0 Å². The quantitative estimate of drug-likeness (QED) is 0.816. The molecule has 26 heavy (non-hydrogen) atoms. The van der Waals surface area contributed by atoms with Crippen molar-refractivity contribution in [2.75, 3.05) is 32.7 Å². The normalized spacial score (nSPS) is 18.5. The first-order chi connectivity index (χ1) is 11.7. The van der Waals surface area contributed by atoms with Crippen LogP contribution >= 0.6 is 24.8 Å². The molecule has 0 radical (unpaired) electrons. The number of piperazine rings is 1. The number of hydrogen-bond acceptors (Lipinski definition) is 3. The molecule has 3 rings (SSSR count). The second-order valence-corrected chi connectivity index (χ2v) is 6.97. The van der Waals surface area contributed by atoms with Crippen LogP contribution in [0.15, 0.2) is 24.3 Å². The molecule has 1 saturated carbocycles. The average molecular weight is 406 g/mol. The average Bonchev–Trinajstić information content (AvgIpc) is 2.63. The number of benzene rings is 1. The number of carbonyl (C=O) groups is 1. The fourth-order valence-electron chi connectivity index (χ4n) is 3.75. The van der Waals surface area contributed by atoms with Gasteiger partial charge in [-0.3, -0.25) is 9.69 Å². The van der Waals surface area contributed by atoms with E-state index < -0.39 is 0 Å². The van der Waals surface area contributed by atoms with E-state index in [9.17, 15) is 9.18 Å². The number of nitrogens with one attached hydrogen (secondary N) is 1. The summed E-state index contributed by atoms with van der Waals surface area (Å²) in [7, 11) is 0. The van der Waals surface area contributed by atoms with Crippen LogP contribution in [0.1, 0.15) is 37.7 Å². The highest BCUT2D eigenvalue weighted by Gasteiger charge is 2.27. The lowest BCUT2D eigenvalue weighted by atomic mass is 9.93. The van der Waals surface area contributed by atoms with E-state index in [2.05, 4.69) is 15.1 Å². The zero-order valence-corrected chi connectivity index (χ0v) is 16.8. The lowest BCUT2D eigenvalue weighted by molar-refractivity contribution is -0.136. The zero-order valence-electron chi connectivity index (χ0n) is 15.2. The molecule has 1 aliphatic heterocycles. The van der Waals surface area contributed by atoms with Crippen LogP contribution in [0.4, 0.5) is 4.39 Å². The van der Waals surface area contributed by atoms with Crippen LogP contribution < -0.4 is 5.32 Å². The number of carbonyl (C=O) groups excluding carboxylic acids is 1. The van der Waals surface area contributed by atoms with Crippen molar-refractivity contribution in [1.29, 1.82) is 0 Å². The Bertz CT molecular complexity index is 532. The molecule has 148 valence electrons. The molecule has 0 bridgehead atoms. The summed E-state index contributed by atoms with van der Waals surface area (Å²) in [5, 5.41) is 3.32. The Morgan fingerprint density at radius 1 is 1.08 bits per heavy atom. The molecule has 1 saturated heterocycles. The van der Waals surface area contributed by atoms with Crippen molar-refractivity contribution in [2.45, 2.75) is 44.7 Å². The highest BCUT2D eigenvalue weighted by Crippen LogP contribution is 2.24. The monoisotopic (exact) mass is 405 g/mol. The topological polar surface area (TPSA) is 35.6 Å². The predicted octanol–water partition coefficient (Wildman–Crippen LogP) is 3.24. The van der Waals surface area contributed by atoms with Gasteiger partial charge in [-0.2, -0.15) is 0 Å². The van der Waals surface area contributed by atoms with E-state index >= 15 is 0 Å². The first-order valence-corrected chi connectivity index (χ1v) is 9.19. The Morgan fingerprint density at radius 3 is 2.31 bits per heavy atom. The van der Waals surface area contributed by atoms with Gasteiger partial charge in [0.25, 0.3) is 0 Å². The summed E-state index contributed by atoms with van der Waals surface area (Å²) in [5.41, 5.74) is 1.01. The van der Waals surface area contributed by atoms with Gasteiger partial charge in [0, 0.05) is 38.8 Å². The van der Waals surface area contributed by atoms with Crippen LogP contribution in [-0.4, -0.2) is 54.5 Å². The first-order valence-electron chi connectivity index (χ1n) is 9.19. The SMILES string of the molecule is Cl.Cl.O=C(CN1CCNCC1)N(Cc1ccc(F)cc1)C1CCCCC1. The Labute approximate surface area is 168 Å². The number of nitrogens with zero attached hydrogens (tertiary/aromatic N) is 2. The summed E-state index contributed by atoms with van der Waals surface area (Å²) in [6.45, 7) is 4.86. The molecule has 1 aromatic carbocycles. The highest BCUT2D eigenvalue weighted by atomic mass is 35.5. The van der Waals surface area contributed by atoms with E-state index in [-0.39, 0.29) is 36.5 Å². The molecule has 0 aromatic heterocycles. The largest absolute Gasteiger partial charge is 0.334 e. The van der Waals surface area contributed by atoms with Gasteiger partial charge in [-0.05, 0) is 30.5 Å². The van der Waals surface area contributed by atoms with E-state index in [0.29, 0.717) is 19.1 Å². The van der Waals surface area contributed by atoms with Gasteiger partial charge < -0.3 is 10.2 Å². The minimum absolute atomic E-state index is 0. The fourth-order valence-corrected chi connectivity index (χ4v) is 3.75. The van der Waals surface area contributed by atoms with Crippen LogP contribution in [0.25, 0.3) is 0 Å². The number of rotatable bonds is 5. The molecule has 1 aliphatic carbocycles. The molecule has 2 fully saturated rings. The maximum absolute atomic E-state index is 13.2. The molecule has 4 nitrogen and oxygen atoms in total. The summed E-state index contributed by atoms with van der Waals surface area (Å²) < 4.78 is 13.2. The minimum Gasteiger partial charge on any atom is -0.334 e. The Kier molecular flexibility index (Phi) is 10.5. The van der Waals surface area contributed by atoms with E-state index in [1.54, 1.807) is 12.1 Å². The fraction of sp³-hybridized carbons (Fsp3) is 0.632. The molecular weight excluding hydrogens is 376 g/mol. The molecule has 0 unspecified atom stereocenters. The molecule has 1 N–H and O–H groups in total. The van der Waals surface area contributed by atoms with Crippen molar-refractivity contribution in [2.24, 2.45) is 0 Å². The van der Waals surface area contributed by atoms with Gasteiger partial charge >= 0.3 is 0 Å². The second-order valence-electron chi connectivity index (χ2n) is 6.97. The van der Waals surface area contributed by atoms with Gasteiger partial charge in [0.2, 0.25) is 5.91 Å². The lowest BCUT2D eigenvalue weighted by Gasteiger charge is -2.36. The molecule has 1 amide bonds. The third kappa shape index (κ3) is 6.69. The molecule has 7 heteroatoms. The summed E-state index contributed by atoms with van der Waals surface area (Å²) >= 11 is 0. The van der Waals surface area contributed by atoms with Crippen molar-refractivity contribution in [3.05, 3.63) is 35.6 Å². The van der Waals surface area contributed by atoms with Crippen molar-refractivity contribution < 1.29 is 9.18 Å². The van der Waals surface area contributed by atoms with Crippen LogP contribution in [0, 0.1) is 5.82 Å². The number of halogens is 3. The maximum Gasteiger partial charge on any atom is 0.237 e. The zero-order chi connectivity index (χ0) is 16.8. The highest BCUT2D eigenvalue weighted by molar-refractivity contribution is 5.85. The van der Waals surface area contributed by atoms with Gasteiger partial charge in [-0.15, -0.1) is 24.8 Å². The van der Waals surface area contributed by atoms with Gasteiger partial charge in [0.15, 0.2) is 0 Å². The maximum atomic E-state index is 13.2.